The summed E-state index contributed by atoms with van der Waals surface area (Å²) < 4.78 is 14.7. The third kappa shape index (κ3) is 89.9. The summed E-state index contributed by atoms with van der Waals surface area (Å²) in [7, 11) is 0. The van der Waals surface area contributed by atoms with Crippen LogP contribution in [0.3, 0.4) is 0 Å². The van der Waals surface area contributed by atoms with Crippen LogP contribution in [0.4, 0.5) is 0 Å². The summed E-state index contributed by atoms with van der Waals surface area (Å²) >= 11 is 5.10. The van der Waals surface area contributed by atoms with Gasteiger partial charge in [-0.05, 0) is 94.9 Å². The summed E-state index contributed by atoms with van der Waals surface area (Å²) in [6, 6.07) is 13.9. The van der Waals surface area contributed by atoms with Crippen LogP contribution in [0.2, 0.25) is 0 Å². The van der Waals surface area contributed by atoms with E-state index in [-0.39, 0.29) is 0 Å². The molecule has 0 unspecified atom stereocenters. The molecule has 12 heterocycles. The lowest BCUT2D eigenvalue weighted by atomic mass is 10.1. The van der Waals surface area contributed by atoms with Crippen molar-refractivity contribution >= 4 is 34.0 Å². The van der Waals surface area contributed by atoms with Crippen LogP contribution < -0.4 is 0 Å². The molecule has 0 radical (unpaired) electrons. The molecule has 12 rings (SSSR count). The Balaban J connectivity index is -0.000000109. The fourth-order valence-corrected chi connectivity index (χ4v) is 8.96. The molecule has 0 saturated heterocycles. The molecule has 125 heavy (non-hydrogen) atoms. The van der Waals surface area contributed by atoms with Crippen molar-refractivity contribution in [2.24, 2.45) is 0 Å². The average Bonchev–Trinajstić information content (AvgIpc) is 1.42. The van der Waals surface area contributed by atoms with Gasteiger partial charge in [-0.25, -0.2) is 44.9 Å². The third-order valence-corrected chi connectivity index (χ3v) is 16.1. The van der Waals surface area contributed by atoms with Gasteiger partial charge in [0.05, 0.1) is 45.5 Å². The molecule has 0 aliphatic carbocycles. The molecule has 1 N–H and O–H groups in total. The summed E-state index contributed by atoms with van der Waals surface area (Å²) in [4.78, 5) is 57.4. The lowest BCUT2D eigenvalue weighted by molar-refractivity contribution is 0.471. The average molecular weight is 1790 g/mol. The van der Waals surface area contributed by atoms with Gasteiger partial charge >= 0.3 is 0 Å². The van der Waals surface area contributed by atoms with E-state index in [4.69, 9.17) is 13.3 Å². The first-order chi connectivity index (χ1) is 60.2. The monoisotopic (exact) mass is 1790 g/mol. The molecule has 12 aromatic rings. The highest BCUT2D eigenvalue weighted by Gasteiger charge is 2.05. The van der Waals surface area contributed by atoms with Crippen molar-refractivity contribution in [3.63, 3.8) is 0 Å². The topological polar surface area (TPSA) is 249 Å². The number of hydrogen-bond donors (Lipinski definition) is 1. The first-order valence-electron chi connectivity index (χ1n) is 46.5. The van der Waals surface area contributed by atoms with Crippen LogP contribution in [0.25, 0.3) is 0 Å². The fourth-order valence-electron chi connectivity index (χ4n) is 6.96. The van der Waals surface area contributed by atoms with Gasteiger partial charge in [0.2, 0.25) is 0 Å². The van der Waals surface area contributed by atoms with Gasteiger partial charge in [-0.2, -0.15) is 5.10 Å². The van der Waals surface area contributed by atoms with Gasteiger partial charge in [-0.3, -0.25) is 30.0 Å². The normalized spacial score (nSPS) is 8.86. The molecule has 0 aliphatic heterocycles. The molecule has 0 amide bonds. The molecule has 12 aromatic heterocycles. The zero-order valence-corrected chi connectivity index (χ0v) is 90.9. The number of aromatic nitrogens is 16. The predicted molar refractivity (Wildman–Crippen MR) is 554 cm³/mol. The Hall–Kier alpha value is -8.73. The van der Waals surface area contributed by atoms with Crippen molar-refractivity contribution in [3.05, 3.63) is 256 Å². The van der Waals surface area contributed by atoms with Gasteiger partial charge in [0, 0.05) is 131 Å². The lowest BCUT2D eigenvalue weighted by Gasteiger charge is -2.01. The first kappa shape index (κ1) is 142. The van der Waals surface area contributed by atoms with Gasteiger partial charge in [0.25, 0.3) is 0 Å². The summed E-state index contributed by atoms with van der Waals surface area (Å²) in [5.74, 6) is 9.02. The quantitative estimate of drug-likeness (QED) is 0.119. The second-order valence-corrected chi connectivity index (χ2v) is 28.8. The maximum absolute atomic E-state index is 4.98. The second-order valence-electron chi connectivity index (χ2n) is 26.2. The van der Waals surface area contributed by atoms with Crippen molar-refractivity contribution < 1.29 is 13.3 Å². The second kappa shape index (κ2) is 111. The largest absolute Gasteiger partial charge is 0.451 e. The van der Waals surface area contributed by atoms with Crippen LogP contribution in [0.5, 0.6) is 0 Å². The zero-order chi connectivity index (χ0) is 99.3. The Morgan fingerprint density at radius 3 is 1.06 bits per heavy atom. The summed E-state index contributed by atoms with van der Waals surface area (Å²) in [5.41, 5.74) is 11.9. The SMILES string of the molecule is CC.CC.CC.CC.CC.CC.CC.CC.CC.CC.CC.CC.CC(C)c1ccccn1.CC(C)c1ccn[nH]1.CC(C)c1ccncc1.CC(C)c1cnccn1.CC(C)c1cncnc1.CC(C)c1cnco1.CC(C)c1cncs1.CC(C)c1cocn1.CC(C)c1cscn1.CC(C)c1ncccn1.CC(C)c1ncco1.CC(C)c1nccs1. The minimum atomic E-state index is 0.407. The first-order valence-corrected chi connectivity index (χ1v) is 49.3. The number of rotatable bonds is 12. The summed E-state index contributed by atoms with van der Waals surface area (Å²) in [6.07, 6.45) is 34.6. The molecular weight excluding hydrogens is 1610 g/mol. The molecule has 0 spiro atoms. The highest BCUT2D eigenvalue weighted by molar-refractivity contribution is 7.10. The Bertz CT molecular complexity index is 2980. The molecule has 716 valence electrons. The van der Waals surface area contributed by atoms with E-state index in [1.807, 2.05) is 282 Å². The highest BCUT2D eigenvalue weighted by atomic mass is 32.1. The van der Waals surface area contributed by atoms with E-state index in [0.717, 1.165) is 34.6 Å². The molecule has 0 aliphatic rings. The molecule has 0 atom stereocenters. The molecule has 0 saturated carbocycles. The maximum atomic E-state index is 4.98. The van der Waals surface area contributed by atoms with Crippen molar-refractivity contribution in [1.82, 2.24) is 80.0 Å². The van der Waals surface area contributed by atoms with E-state index in [9.17, 15) is 0 Å². The van der Waals surface area contributed by atoms with Crippen LogP contribution in [0, 0.1) is 0 Å². The number of nitrogens with one attached hydrogen (secondary N) is 1. The number of thiazole rings is 3. The Morgan fingerprint density at radius 1 is 0.304 bits per heavy atom. The van der Waals surface area contributed by atoms with Crippen LogP contribution in [0.15, 0.2) is 202 Å². The van der Waals surface area contributed by atoms with E-state index in [1.54, 1.807) is 102 Å². The highest BCUT2D eigenvalue weighted by Crippen LogP contribution is 2.19. The minimum absolute atomic E-state index is 0.407. The molecule has 22 heteroatoms. The number of pyridine rings is 2. The van der Waals surface area contributed by atoms with Gasteiger partial charge in [-0.1, -0.05) is 338 Å². The van der Waals surface area contributed by atoms with E-state index < -0.39 is 0 Å². The van der Waals surface area contributed by atoms with E-state index in [2.05, 4.69) is 238 Å². The van der Waals surface area contributed by atoms with Gasteiger partial charge in [0.15, 0.2) is 18.7 Å². The Labute approximate surface area is 781 Å². The number of aromatic amines is 1. The lowest BCUT2D eigenvalue weighted by Crippen LogP contribution is -1.93. The summed E-state index contributed by atoms with van der Waals surface area (Å²) in [5, 5.41) is 12.0. The molecule has 0 fully saturated rings. The van der Waals surface area contributed by atoms with Crippen molar-refractivity contribution in [2.45, 2.75) is 403 Å². The van der Waals surface area contributed by atoms with Gasteiger partial charge in [0.1, 0.15) is 30.4 Å². The molecular formula is C103H188N16O3S3. The van der Waals surface area contributed by atoms with Gasteiger partial charge in [-0.15, -0.1) is 34.0 Å². The van der Waals surface area contributed by atoms with Crippen LogP contribution in [-0.2, 0) is 0 Å². The van der Waals surface area contributed by atoms with Crippen LogP contribution in [0.1, 0.15) is 470 Å². The van der Waals surface area contributed by atoms with Crippen LogP contribution in [-0.4, -0.2) is 80.0 Å². The predicted octanol–water partition coefficient (Wildman–Crippen LogP) is 35.3. The van der Waals surface area contributed by atoms with Crippen molar-refractivity contribution in [2.75, 3.05) is 0 Å². The Morgan fingerprint density at radius 2 is 0.824 bits per heavy atom. The van der Waals surface area contributed by atoms with E-state index in [1.165, 1.54) is 45.2 Å². The Kier molecular flexibility index (Phi) is 127. The number of oxazole rings is 3. The number of nitrogens with zero attached hydrogens (tertiary/aromatic N) is 15. The van der Waals surface area contributed by atoms with E-state index in [0.29, 0.717) is 71.0 Å². The third-order valence-electron chi connectivity index (χ3n) is 13.3. The molecule has 19 nitrogen and oxygen atoms in total. The minimum Gasteiger partial charge on any atom is -0.451 e. The van der Waals surface area contributed by atoms with Crippen molar-refractivity contribution in [1.29, 1.82) is 0 Å². The molecule has 0 bridgehead atoms. The smallest absolute Gasteiger partial charge is 0.196 e. The van der Waals surface area contributed by atoms with E-state index >= 15 is 0 Å². The van der Waals surface area contributed by atoms with Crippen molar-refractivity contribution in [3.8, 4) is 0 Å². The zero-order valence-electron chi connectivity index (χ0n) is 88.5. The number of H-pyrrole nitrogens is 1. The van der Waals surface area contributed by atoms with Gasteiger partial charge < -0.3 is 13.3 Å². The maximum Gasteiger partial charge on any atom is 0.196 e. The standard InChI is InChI=1S/2C8H11N.3C7H10N2.C6H10N2.3C6H9NO.3C6H9NS.12C2H6/c1-7(2)8-3-5-9-6-4-8;1-7(2)8-5-3-4-6-9-8;1-6(2)7-3-8-5-9-4-7;1-6(2)7-5-8-3-4-9-7;1-6(2)7-8-4-3-5-9-7;1-5(2)6-3-4-7-8-6;1-5(2)6-3-8-4-7-6;1-5(2)6-3-7-4-8-6;1-5(2)6-7-3-4-8-6;1-5(2)6-3-8-4-7-6;1-5(2)6-3-7-4-8-6;1-5(2)6-7-3-4-8-6;12*1-2/h2*3-7H,1-2H3;3*3-6H,1-2H3;3-5H,1-2H3,(H,7,8);6*3-5H,1-2H3;12*1-2H3. The summed E-state index contributed by atoms with van der Waals surface area (Å²) in [6.45, 7) is 98.9. The fraction of sp³-hybridized carbons (Fsp3) is 0.583. The number of hydrogen-bond acceptors (Lipinski definition) is 21. The van der Waals surface area contributed by atoms with Crippen LogP contribution >= 0.6 is 34.0 Å². The molecule has 0 aromatic carbocycles.